The van der Waals surface area contributed by atoms with E-state index in [2.05, 4.69) is 40.4 Å². The molecule has 1 amide bonds. The molecular formula is C23H39NO5Si. The van der Waals surface area contributed by atoms with Gasteiger partial charge in [0.25, 0.3) is 0 Å². The number of hydrogen-bond acceptors (Lipinski definition) is 5. The summed E-state index contributed by atoms with van der Waals surface area (Å²) in [6, 6.07) is -0.202. The lowest BCUT2D eigenvalue weighted by Gasteiger charge is -2.50. The molecule has 0 radical (unpaired) electrons. The molecule has 30 heavy (non-hydrogen) atoms. The number of aliphatic hydroxyl groups is 1. The zero-order chi connectivity index (χ0) is 23.2. The maximum absolute atomic E-state index is 13.2. The van der Waals surface area contributed by atoms with Crippen LogP contribution in [0.5, 0.6) is 0 Å². The predicted molar refractivity (Wildman–Crippen MR) is 120 cm³/mol. The van der Waals surface area contributed by atoms with Gasteiger partial charge in [0.1, 0.15) is 12.3 Å². The molecule has 0 saturated carbocycles. The number of hydrogen-bond donors (Lipinski definition) is 1. The molecule has 5 atom stereocenters. The van der Waals surface area contributed by atoms with Crippen LogP contribution in [0.15, 0.2) is 23.9 Å². The van der Waals surface area contributed by atoms with Crippen LogP contribution in [0.25, 0.3) is 0 Å². The zero-order valence-corrected chi connectivity index (χ0v) is 21.0. The number of rotatable bonds is 8. The third kappa shape index (κ3) is 4.16. The Morgan fingerprint density at radius 1 is 1.30 bits per heavy atom. The second kappa shape index (κ2) is 8.59. The lowest BCUT2D eigenvalue weighted by molar-refractivity contribution is -0.163. The minimum absolute atomic E-state index is 0.0337. The van der Waals surface area contributed by atoms with E-state index in [0.29, 0.717) is 5.57 Å². The SMILES string of the molecule is C=CCOC(=O)C1=C([C@H](O)C(C)C)[C@H](C)C2[C@@H]([C@@H](C)O[Si](C)(C)C(C)(C)C)C(=O)N12. The molecule has 7 heteroatoms. The third-order valence-electron chi connectivity index (χ3n) is 6.97. The van der Waals surface area contributed by atoms with Crippen LogP contribution < -0.4 is 0 Å². The molecule has 2 aliphatic heterocycles. The number of nitrogens with zero attached hydrogens (tertiary/aromatic N) is 1. The second-order valence-corrected chi connectivity index (χ2v) is 15.2. The summed E-state index contributed by atoms with van der Waals surface area (Å²) < 4.78 is 11.8. The molecule has 0 aromatic rings. The summed E-state index contributed by atoms with van der Waals surface area (Å²) in [5, 5.41) is 10.9. The van der Waals surface area contributed by atoms with Crippen LogP contribution in [-0.4, -0.2) is 55.1 Å². The van der Waals surface area contributed by atoms with E-state index in [0.717, 1.165) is 0 Å². The number of amides is 1. The van der Waals surface area contributed by atoms with Gasteiger partial charge in [0, 0.05) is 5.92 Å². The maximum Gasteiger partial charge on any atom is 0.355 e. The summed E-state index contributed by atoms with van der Waals surface area (Å²) in [5.74, 6) is -1.29. The van der Waals surface area contributed by atoms with E-state index < -0.39 is 20.4 Å². The summed E-state index contributed by atoms with van der Waals surface area (Å²) in [4.78, 5) is 27.5. The van der Waals surface area contributed by atoms with Crippen molar-refractivity contribution in [3.63, 3.8) is 0 Å². The van der Waals surface area contributed by atoms with Crippen LogP contribution in [0, 0.1) is 17.8 Å². The molecule has 0 aromatic heterocycles. The third-order valence-corrected chi connectivity index (χ3v) is 11.5. The van der Waals surface area contributed by atoms with E-state index in [1.807, 2.05) is 27.7 Å². The standard InChI is InChI=1S/C23H39NO5Si/c1-11-12-28-22(27)19-16(20(25)13(2)3)14(4)18-17(21(26)24(18)19)15(5)29-30(9,10)23(6,7)8/h11,13-15,17-18,20,25H,1,12H2,2-10H3/t14-,15+,17+,18?,20+/m0/s1. The van der Waals surface area contributed by atoms with Crippen LogP contribution in [-0.2, 0) is 18.8 Å². The Kier molecular flexibility index (Phi) is 7.11. The highest BCUT2D eigenvalue weighted by Crippen LogP contribution is 2.50. The van der Waals surface area contributed by atoms with Crippen molar-refractivity contribution in [3.8, 4) is 0 Å². The van der Waals surface area contributed by atoms with Crippen LogP contribution >= 0.6 is 0 Å². The van der Waals surface area contributed by atoms with Gasteiger partial charge in [-0.15, -0.1) is 0 Å². The number of fused-ring (bicyclic) bond motifs is 1. The van der Waals surface area contributed by atoms with Crippen molar-refractivity contribution in [2.24, 2.45) is 17.8 Å². The Morgan fingerprint density at radius 2 is 1.87 bits per heavy atom. The van der Waals surface area contributed by atoms with Crippen molar-refractivity contribution in [1.29, 1.82) is 0 Å². The number of esters is 1. The molecule has 170 valence electrons. The van der Waals surface area contributed by atoms with Crippen molar-refractivity contribution in [3.05, 3.63) is 23.9 Å². The lowest BCUT2D eigenvalue weighted by atomic mass is 9.76. The van der Waals surface area contributed by atoms with Crippen LogP contribution in [0.3, 0.4) is 0 Å². The normalized spacial score (nSPS) is 26.4. The quantitative estimate of drug-likeness (QED) is 0.270. The molecule has 2 rings (SSSR count). The van der Waals surface area contributed by atoms with Crippen LogP contribution in [0.2, 0.25) is 18.1 Å². The lowest BCUT2D eigenvalue weighted by Crippen LogP contribution is -2.65. The van der Waals surface area contributed by atoms with Gasteiger partial charge in [-0.1, -0.05) is 54.2 Å². The van der Waals surface area contributed by atoms with Gasteiger partial charge in [-0.25, -0.2) is 4.79 Å². The molecule has 0 aliphatic carbocycles. The fourth-order valence-electron chi connectivity index (χ4n) is 4.25. The maximum atomic E-state index is 13.2. The number of carbonyl (C=O) groups excluding carboxylic acids is 2. The molecule has 2 aliphatic rings. The van der Waals surface area contributed by atoms with E-state index in [9.17, 15) is 14.7 Å². The summed E-state index contributed by atoms with van der Waals surface area (Å²) in [7, 11) is -2.06. The number of aliphatic hydroxyl groups excluding tert-OH is 1. The average Bonchev–Trinajstić information content (AvgIpc) is 2.86. The van der Waals surface area contributed by atoms with E-state index in [-0.39, 0.29) is 53.1 Å². The molecule has 2 heterocycles. The fourth-order valence-corrected chi connectivity index (χ4v) is 5.68. The van der Waals surface area contributed by atoms with E-state index in [4.69, 9.17) is 9.16 Å². The minimum Gasteiger partial charge on any atom is -0.457 e. The molecule has 1 N–H and O–H groups in total. The topological polar surface area (TPSA) is 76.1 Å². The van der Waals surface area contributed by atoms with Gasteiger partial charge in [-0.05, 0) is 36.5 Å². The highest BCUT2D eigenvalue weighted by atomic mass is 28.4. The summed E-state index contributed by atoms with van der Waals surface area (Å²) in [5.41, 5.74) is 0.802. The van der Waals surface area contributed by atoms with Gasteiger partial charge in [0.05, 0.1) is 24.2 Å². The highest BCUT2D eigenvalue weighted by molar-refractivity contribution is 6.74. The first-order chi connectivity index (χ1) is 13.7. The van der Waals surface area contributed by atoms with Crippen molar-refractivity contribution >= 4 is 20.2 Å². The molecule has 6 nitrogen and oxygen atoms in total. The second-order valence-electron chi connectivity index (χ2n) is 10.5. The minimum atomic E-state index is -2.06. The van der Waals surface area contributed by atoms with Crippen molar-refractivity contribution < 1.29 is 23.9 Å². The van der Waals surface area contributed by atoms with Gasteiger partial charge < -0.3 is 19.2 Å². The van der Waals surface area contributed by atoms with Crippen molar-refractivity contribution in [2.45, 2.75) is 84.8 Å². The Bertz CT molecular complexity index is 736. The Labute approximate surface area is 182 Å². The van der Waals surface area contributed by atoms with Crippen LogP contribution in [0.4, 0.5) is 0 Å². The van der Waals surface area contributed by atoms with Crippen molar-refractivity contribution in [1.82, 2.24) is 4.90 Å². The molecule has 0 bridgehead atoms. The molecule has 1 fully saturated rings. The summed E-state index contributed by atoms with van der Waals surface area (Å²) in [6.07, 6.45) is 0.410. The molecule has 0 aromatic carbocycles. The molecule has 1 saturated heterocycles. The summed E-state index contributed by atoms with van der Waals surface area (Å²) in [6.45, 7) is 22.2. The first kappa shape index (κ1) is 24.8. The predicted octanol–water partition coefficient (Wildman–Crippen LogP) is 3.87. The number of ether oxygens (including phenoxy) is 1. The Balaban J connectivity index is 2.36. The monoisotopic (exact) mass is 437 g/mol. The summed E-state index contributed by atoms with van der Waals surface area (Å²) >= 11 is 0. The van der Waals surface area contributed by atoms with Gasteiger partial charge in [0.2, 0.25) is 5.91 Å². The van der Waals surface area contributed by atoms with E-state index >= 15 is 0 Å². The van der Waals surface area contributed by atoms with Crippen molar-refractivity contribution in [2.75, 3.05) is 6.61 Å². The average molecular weight is 438 g/mol. The van der Waals surface area contributed by atoms with Gasteiger partial charge in [-0.3, -0.25) is 4.79 Å². The molecule has 0 spiro atoms. The first-order valence-corrected chi connectivity index (χ1v) is 13.8. The number of β-lactam (4-membered cyclic amide) rings is 1. The Hall–Kier alpha value is -1.44. The largest absolute Gasteiger partial charge is 0.457 e. The molecule has 1 unspecified atom stereocenters. The first-order valence-electron chi connectivity index (χ1n) is 10.9. The van der Waals surface area contributed by atoms with Gasteiger partial charge in [0.15, 0.2) is 8.32 Å². The van der Waals surface area contributed by atoms with Gasteiger partial charge >= 0.3 is 5.97 Å². The Morgan fingerprint density at radius 3 is 2.33 bits per heavy atom. The van der Waals surface area contributed by atoms with E-state index in [1.165, 1.54) is 11.0 Å². The zero-order valence-electron chi connectivity index (χ0n) is 20.0. The number of carbonyl (C=O) groups is 2. The molecular weight excluding hydrogens is 398 g/mol. The van der Waals surface area contributed by atoms with Gasteiger partial charge in [-0.2, -0.15) is 0 Å². The van der Waals surface area contributed by atoms with Crippen LogP contribution in [0.1, 0.15) is 48.5 Å². The smallest absolute Gasteiger partial charge is 0.355 e. The fraction of sp³-hybridized carbons (Fsp3) is 0.739. The highest BCUT2D eigenvalue weighted by Gasteiger charge is 2.62. The van der Waals surface area contributed by atoms with E-state index in [1.54, 1.807) is 0 Å².